The number of methoxy groups -OCH3 is 1. The van der Waals surface area contributed by atoms with Crippen molar-refractivity contribution in [1.29, 1.82) is 0 Å². The van der Waals surface area contributed by atoms with Crippen LogP contribution in [0.4, 0.5) is 5.69 Å². The highest BCUT2D eigenvalue weighted by molar-refractivity contribution is 5.43. The van der Waals surface area contributed by atoms with Crippen LogP contribution in [0.1, 0.15) is 16.7 Å². The molecule has 4 heteroatoms. The van der Waals surface area contributed by atoms with Gasteiger partial charge in [0.2, 0.25) is 5.88 Å². The van der Waals surface area contributed by atoms with Crippen molar-refractivity contribution >= 4 is 5.69 Å². The summed E-state index contributed by atoms with van der Waals surface area (Å²) in [6, 6.07) is 10.3. The number of nitrogens with zero attached hydrogens (tertiary/aromatic N) is 1. The van der Waals surface area contributed by atoms with E-state index < -0.39 is 0 Å². The Morgan fingerprint density at radius 2 is 1.95 bits per heavy atom. The Balaban J connectivity index is 1.90. The first-order valence-corrected chi connectivity index (χ1v) is 7.07. The van der Waals surface area contributed by atoms with Crippen LogP contribution in [0, 0.1) is 13.8 Å². The van der Waals surface area contributed by atoms with Crippen molar-refractivity contribution in [1.82, 2.24) is 4.98 Å². The van der Waals surface area contributed by atoms with Crippen molar-refractivity contribution in [2.24, 2.45) is 0 Å². The van der Waals surface area contributed by atoms with Gasteiger partial charge in [-0.2, -0.15) is 0 Å². The lowest BCUT2D eigenvalue weighted by Crippen LogP contribution is -2.06. The summed E-state index contributed by atoms with van der Waals surface area (Å²) in [4.78, 5) is 4.26. The molecule has 0 amide bonds. The van der Waals surface area contributed by atoms with E-state index >= 15 is 0 Å². The number of benzene rings is 1. The van der Waals surface area contributed by atoms with Gasteiger partial charge in [-0.25, -0.2) is 4.98 Å². The van der Waals surface area contributed by atoms with Gasteiger partial charge in [-0.3, -0.25) is 0 Å². The molecule has 1 aromatic heterocycles. The second-order valence-electron chi connectivity index (χ2n) is 5.01. The first-order valence-electron chi connectivity index (χ1n) is 7.07. The van der Waals surface area contributed by atoms with Crippen LogP contribution < -0.4 is 10.1 Å². The van der Waals surface area contributed by atoms with Crippen molar-refractivity contribution in [3.63, 3.8) is 0 Å². The fourth-order valence-electron chi connectivity index (χ4n) is 1.99. The van der Waals surface area contributed by atoms with Crippen molar-refractivity contribution in [3.8, 4) is 5.88 Å². The zero-order valence-electron chi connectivity index (χ0n) is 12.8. The predicted molar refractivity (Wildman–Crippen MR) is 84.9 cm³/mol. The minimum absolute atomic E-state index is 0.513. The average molecular weight is 286 g/mol. The van der Waals surface area contributed by atoms with E-state index in [0.717, 1.165) is 12.2 Å². The Labute approximate surface area is 126 Å². The van der Waals surface area contributed by atoms with Gasteiger partial charge in [0.1, 0.15) is 6.61 Å². The lowest BCUT2D eigenvalue weighted by Gasteiger charge is -2.10. The molecule has 1 heterocycles. The average Bonchev–Trinajstić information content (AvgIpc) is 2.50. The highest BCUT2D eigenvalue weighted by Crippen LogP contribution is 2.15. The standard InChI is InChI=1S/C17H22N2O2/c1-13-4-5-14(2)15(10-13)11-18-16-6-7-17(19-12-16)21-9-8-20-3/h4-7,10,12,18H,8-9,11H2,1-3H3. The third-order valence-electron chi connectivity index (χ3n) is 3.26. The van der Waals surface area contributed by atoms with Gasteiger partial charge in [0.25, 0.3) is 0 Å². The van der Waals surface area contributed by atoms with Crippen LogP contribution in [0.15, 0.2) is 36.5 Å². The molecule has 0 atom stereocenters. The fraction of sp³-hybridized carbons (Fsp3) is 0.353. The largest absolute Gasteiger partial charge is 0.475 e. The van der Waals surface area contributed by atoms with Crippen LogP contribution in [-0.2, 0) is 11.3 Å². The molecule has 1 N–H and O–H groups in total. The van der Waals surface area contributed by atoms with Crippen LogP contribution >= 0.6 is 0 Å². The second kappa shape index (κ2) is 7.64. The molecule has 21 heavy (non-hydrogen) atoms. The fourth-order valence-corrected chi connectivity index (χ4v) is 1.99. The lowest BCUT2D eigenvalue weighted by atomic mass is 10.1. The maximum absolute atomic E-state index is 5.44. The molecule has 0 spiro atoms. The molecule has 0 aliphatic heterocycles. The number of hydrogen-bond donors (Lipinski definition) is 1. The maximum atomic E-state index is 5.44. The summed E-state index contributed by atoms with van der Waals surface area (Å²) in [5, 5.41) is 3.38. The smallest absolute Gasteiger partial charge is 0.213 e. The zero-order chi connectivity index (χ0) is 15.1. The lowest BCUT2D eigenvalue weighted by molar-refractivity contribution is 0.144. The molecule has 0 radical (unpaired) electrons. The van der Waals surface area contributed by atoms with Gasteiger partial charge in [-0.05, 0) is 31.0 Å². The normalized spacial score (nSPS) is 10.4. The molecule has 0 aliphatic carbocycles. The monoisotopic (exact) mass is 286 g/mol. The predicted octanol–water partition coefficient (Wildman–Crippen LogP) is 3.34. The van der Waals surface area contributed by atoms with Crippen molar-refractivity contribution in [2.75, 3.05) is 25.6 Å². The zero-order valence-corrected chi connectivity index (χ0v) is 12.8. The van der Waals surface area contributed by atoms with E-state index in [1.54, 1.807) is 13.3 Å². The number of anilines is 1. The molecule has 2 aromatic rings. The summed E-state index contributed by atoms with van der Waals surface area (Å²) < 4.78 is 10.4. The second-order valence-corrected chi connectivity index (χ2v) is 5.01. The Kier molecular flexibility index (Phi) is 5.58. The molecule has 0 saturated carbocycles. The van der Waals surface area contributed by atoms with Gasteiger partial charge in [0.05, 0.1) is 18.5 Å². The van der Waals surface area contributed by atoms with E-state index in [4.69, 9.17) is 9.47 Å². The van der Waals surface area contributed by atoms with Gasteiger partial charge in [-0.15, -0.1) is 0 Å². The number of pyridine rings is 1. The van der Waals surface area contributed by atoms with E-state index in [2.05, 4.69) is 42.3 Å². The highest BCUT2D eigenvalue weighted by Gasteiger charge is 2.00. The molecule has 0 bridgehead atoms. The first-order chi connectivity index (χ1) is 10.2. The van der Waals surface area contributed by atoms with E-state index in [-0.39, 0.29) is 0 Å². The molecule has 1 aromatic carbocycles. The number of rotatable bonds is 7. The van der Waals surface area contributed by atoms with Crippen LogP contribution in [0.25, 0.3) is 0 Å². The Hall–Kier alpha value is -2.07. The molecular weight excluding hydrogens is 264 g/mol. The van der Waals surface area contributed by atoms with Crippen molar-refractivity contribution in [2.45, 2.75) is 20.4 Å². The molecule has 4 nitrogen and oxygen atoms in total. The maximum Gasteiger partial charge on any atom is 0.213 e. The number of nitrogens with one attached hydrogen (secondary N) is 1. The molecule has 2 rings (SSSR count). The third kappa shape index (κ3) is 4.76. The first kappa shape index (κ1) is 15.3. The van der Waals surface area contributed by atoms with E-state index in [9.17, 15) is 0 Å². The molecular formula is C17H22N2O2. The summed E-state index contributed by atoms with van der Waals surface area (Å²) in [6.45, 7) is 6.10. The summed E-state index contributed by atoms with van der Waals surface area (Å²) >= 11 is 0. The van der Waals surface area contributed by atoms with Crippen LogP contribution in [0.2, 0.25) is 0 Å². The quantitative estimate of drug-likeness (QED) is 0.793. The molecule has 0 fully saturated rings. The molecule has 0 aliphatic rings. The SMILES string of the molecule is COCCOc1ccc(NCc2cc(C)ccc2C)cn1. The number of ether oxygens (including phenoxy) is 2. The number of aryl methyl sites for hydroxylation is 2. The van der Waals surface area contributed by atoms with E-state index in [0.29, 0.717) is 19.1 Å². The minimum Gasteiger partial charge on any atom is -0.475 e. The van der Waals surface area contributed by atoms with Crippen molar-refractivity contribution in [3.05, 3.63) is 53.2 Å². The van der Waals surface area contributed by atoms with Gasteiger partial charge in [0.15, 0.2) is 0 Å². The van der Waals surface area contributed by atoms with E-state index in [1.807, 2.05) is 12.1 Å². The molecule has 0 unspecified atom stereocenters. The minimum atomic E-state index is 0.513. The van der Waals surface area contributed by atoms with Crippen molar-refractivity contribution < 1.29 is 9.47 Å². The number of aromatic nitrogens is 1. The Bertz CT molecular complexity index is 568. The van der Waals surface area contributed by atoms with Crippen LogP contribution in [0.5, 0.6) is 5.88 Å². The molecule has 0 saturated heterocycles. The third-order valence-corrected chi connectivity index (χ3v) is 3.26. The van der Waals surface area contributed by atoms with Gasteiger partial charge in [0, 0.05) is 19.7 Å². The van der Waals surface area contributed by atoms with E-state index in [1.165, 1.54) is 16.7 Å². The summed E-state index contributed by atoms with van der Waals surface area (Å²) in [5.41, 5.74) is 4.85. The Morgan fingerprint density at radius 3 is 2.67 bits per heavy atom. The summed E-state index contributed by atoms with van der Waals surface area (Å²) in [7, 11) is 1.65. The number of hydrogen-bond acceptors (Lipinski definition) is 4. The Morgan fingerprint density at radius 1 is 1.10 bits per heavy atom. The topological polar surface area (TPSA) is 43.4 Å². The summed E-state index contributed by atoms with van der Waals surface area (Å²) in [6.07, 6.45) is 1.78. The van der Waals surface area contributed by atoms with Crippen LogP contribution in [0.3, 0.4) is 0 Å². The van der Waals surface area contributed by atoms with Gasteiger partial charge >= 0.3 is 0 Å². The molecule has 112 valence electrons. The van der Waals surface area contributed by atoms with Gasteiger partial charge in [-0.1, -0.05) is 23.8 Å². The summed E-state index contributed by atoms with van der Waals surface area (Å²) in [5.74, 6) is 0.615. The van der Waals surface area contributed by atoms with Gasteiger partial charge < -0.3 is 14.8 Å². The van der Waals surface area contributed by atoms with Crippen LogP contribution in [-0.4, -0.2) is 25.3 Å². The highest BCUT2D eigenvalue weighted by atomic mass is 16.5.